The number of amides is 1. The zero-order valence-electron chi connectivity index (χ0n) is 18.7. The molecule has 4 rings (SSSR count). The van der Waals surface area contributed by atoms with E-state index < -0.39 is 29.9 Å². The molecule has 7 heteroatoms. The number of ketones is 1. The molecule has 176 valence electrons. The summed E-state index contributed by atoms with van der Waals surface area (Å²) in [6, 6.07) is 20.1. The molecule has 6 nitrogen and oxygen atoms in total. The van der Waals surface area contributed by atoms with Crippen molar-refractivity contribution < 1.29 is 28.9 Å². The van der Waals surface area contributed by atoms with E-state index >= 15 is 0 Å². The fraction of sp³-hybridized carbons (Fsp3) is 0.259. The van der Waals surface area contributed by atoms with E-state index in [1.54, 1.807) is 0 Å². The summed E-state index contributed by atoms with van der Waals surface area (Å²) in [5.74, 6) is -1.40. The molecule has 2 unspecified atom stereocenters. The highest BCUT2D eigenvalue weighted by Gasteiger charge is 2.29. The van der Waals surface area contributed by atoms with Gasteiger partial charge in [0.05, 0.1) is 11.7 Å². The lowest BCUT2D eigenvalue weighted by Crippen LogP contribution is -2.31. The molecule has 0 heterocycles. The van der Waals surface area contributed by atoms with Crippen molar-refractivity contribution >= 4 is 11.9 Å². The van der Waals surface area contributed by atoms with Crippen molar-refractivity contribution in [2.75, 3.05) is 13.2 Å². The Morgan fingerprint density at radius 2 is 1.59 bits per heavy atom. The highest BCUT2D eigenvalue weighted by molar-refractivity contribution is 5.94. The minimum atomic E-state index is -1.54. The molecule has 0 aromatic heterocycles. The molecule has 0 saturated heterocycles. The number of fused-ring (bicyclic) bond motifs is 3. The van der Waals surface area contributed by atoms with Crippen LogP contribution in [0.4, 0.5) is 9.18 Å². The number of halogens is 1. The maximum absolute atomic E-state index is 14.5. The number of aliphatic hydroxyl groups excluding tert-OH is 2. The minimum Gasteiger partial charge on any atom is -0.449 e. The Labute approximate surface area is 197 Å². The second-order valence-electron chi connectivity index (χ2n) is 8.32. The van der Waals surface area contributed by atoms with E-state index in [1.807, 2.05) is 36.4 Å². The highest BCUT2D eigenvalue weighted by atomic mass is 19.1. The van der Waals surface area contributed by atoms with Crippen molar-refractivity contribution in [3.63, 3.8) is 0 Å². The van der Waals surface area contributed by atoms with Gasteiger partial charge in [0, 0.05) is 18.0 Å². The van der Waals surface area contributed by atoms with Crippen LogP contribution in [0.1, 0.15) is 52.4 Å². The Kier molecular flexibility index (Phi) is 7.05. The van der Waals surface area contributed by atoms with Crippen LogP contribution in [-0.2, 0) is 4.74 Å². The van der Waals surface area contributed by atoms with E-state index in [0.717, 1.165) is 22.3 Å². The van der Waals surface area contributed by atoms with Crippen molar-refractivity contribution in [3.8, 4) is 11.1 Å². The first-order valence-corrected chi connectivity index (χ1v) is 11.1. The maximum atomic E-state index is 14.5. The highest BCUT2D eigenvalue weighted by Crippen LogP contribution is 2.44. The van der Waals surface area contributed by atoms with Crippen molar-refractivity contribution in [3.05, 3.63) is 94.8 Å². The second kappa shape index (κ2) is 10.2. The van der Waals surface area contributed by atoms with Gasteiger partial charge in [0.1, 0.15) is 18.5 Å². The number of Topliss-reactive ketones (excluding diaryl/α,β-unsaturated/α-hetero) is 1. The number of rotatable bonds is 8. The summed E-state index contributed by atoms with van der Waals surface area (Å²) in [5.41, 5.74) is 4.15. The lowest BCUT2D eigenvalue weighted by atomic mass is 9.98. The van der Waals surface area contributed by atoms with Gasteiger partial charge in [-0.3, -0.25) is 4.79 Å². The van der Waals surface area contributed by atoms with Gasteiger partial charge >= 0.3 is 6.09 Å². The van der Waals surface area contributed by atoms with Gasteiger partial charge in [0.15, 0.2) is 5.78 Å². The molecule has 3 aromatic rings. The van der Waals surface area contributed by atoms with Crippen LogP contribution in [0.2, 0.25) is 0 Å². The van der Waals surface area contributed by atoms with E-state index in [-0.39, 0.29) is 36.6 Å². The van der Waals surface area contributed by atoms with E-state index in [9.17, 15) is 24.2 Å². The molecule has 1 amide bonds. The summed E-state index contributed by atoms with van der Waals surface area (Å²) in [6.45, 7) is 1.40. The van der Waals surface area contributed by atoms with Gasteiger partial charge in [-0.2, -0.15) is 0 Å². The molecule has 1 aliphatic carbocycles. The van der Waals surface area contributed by atoms with Crippen LogP contribution in [0, 0.1) is 5.82 Å². The molecule has 0 bridgehead atoms. The Balaban J connectivity index is 1.30. The summed E-state index contributed by atoms with van der Waals surface area (Å²) >= 11 is 0. The maximum Gasteiger partial charge on any atom is 0.407 e. The van der Waals surface area contributed by atoms with Crippen molar-refractivity contribution in [2.24, 2.45) is 0 Å². The Hall–Kier alpha value is -3.55. The summed E-state index contributed by atoms with van der Waals surface area (Å²) < 4.78 is 19.9. The first-order chi connectivity index (χ1) is 16.4. The molecule has 3 aromatic carbocycles. The van der Waals surface area contributed by atoms with Crippen LogP contribution in [0.25, 0.3) is 11.1 Å². The number of carbonyl (C=O) groups excluding carboxylic acids is 2. The number of nitrogens with one attached hydrogen (secondary N) is 1. The molecule has 2 atom stereocenters. The Bertz CT molecular complexity index is 1170. The Morgan fingerprint density at radius 3 is 2.21 bits per heavy atom. The predicted octanol–water partition coefficient (Wildman–Crippen LogP) is 4.35. The molecule has 0 spiro atoms. The fourth-order valence-electron chi connectivity index (χ4n) is 4.39. The first-order valence-electron chi connectivity index (χ1n) is 11.1. The van der Waals surface area contributed by atoms with Crippen LogP contribution in [-0.4, -0.2) is 41.3 Å². The van der Waals surface area contributed by atoms with E-state index in [1.165, 1.54) is 25.1 Å². The van der Waals surface area contributed by atoms with Crippen LogP contribution in [0.15, 0.2) is 66.7 Å². The third kappa shape index (κ3) is 4.71. The number of hydrogen-bond acceptors (Lipinski definition) is 5. The number of benzene rings is 3. The Morgan fingerprint density at radius 1 is 0.971 bits per heavy atom. The van der Waals surface area contributed by atoms with Crippen LogP contribution < -0.4 is 5.32 Å². The number of alkyl carbamates (subject to hydrolysis) is 1. The van der Waals surface area contributed by atoms with Crippen LogP contribution >= 0.6 is 0 Å². The molecular formula is C27H26FNO5. The normalized spacial score (nSPS) is 14.1. The van der Waals surface area contributed by atoms with Gasteiger partial charge in [-0.25, -0.2) is 9.18 Å². The summed E-state index contributed by atoms with van der Waals surface area (Å²) in [6.07, 6.45) is -3.56. The number of hydrogen-bond donors (Lipinski definition) is 3. The summed E-state index contributed by atoms with van der Waals surface area (Å²) in [4.78, 5) is 23.7. The van der Waals surface area contributed by atoms with Crippen molar-refractivity contribution in [2.45, 2.75) is 31.5 Å². The minimum absolute atomic E-state index is 0.0168. The molecule has 3 N–H and O–H groups in total. The van der Waals surface area contributed by atoms with Gasteiger partial charge in [-0.15, -0.1) is 0 Å². The van der Waals surface area contributed by atoms with Crippen LogP contribution in [0.3, 0.4) is 0 Å². The molecule has 34 heavy (non-hydrogen) atoms. The van der Waals surface area contributed by atoms with Gasteiger partial charge in [0.25, 0.3) is 0 Å². The lowest BCUT2D eigenvalue weighted by Gasteiger charge is -2.20. The molecule has 1 aliphatic rings. The largest absolute Gasteiger partial charge is 0.449 e. The average Bonchev–Trinajstić information content (AvgIpc) is 3.16. The number of carbonyl (C=O) groups is 2. The molecule has 0 radical (unpaired) electrons. The van der Waals surface area contributed by atoms with Crippen molar-refractivity contribution in [1.82, 2.24) is 5.32 Å². The smallest absolute Gasteiger partial charge is 0.407 e. The zero-order chi connectivity index (χ0) is 24.2. The second-order valence-corrected chi connectivity index (χ2v) is 8.32. The summed E-state index contributed by atoms with van der Waals surface area (Å²) in [5, 5.41) is 23.2. The van der Waals surface area contributed by atoms with Gasteiger partial charge in [-0.05, 0) is 41.7 Å². The van der Waals surface area contributed by atoms with E-state index in [2.05, 4.69) is 17.4 Å². The van der Waals surface area contributed by atoms with E-state index in [0.29, 0.717) is 0 Å². The average molecular weight is 464 g/mol. The summed E-state index contributed by atoms with van der Waals surface area (Å²) in [7, 11) is 0. The third-order valence-electron chi connectivity index (χ3n) is 6.14. The standard InChI is InChI=1S/C27H26FNO5/c1-16(30)17-11-6-12-22(25(17)28)26(32)24(31)13-14-29-27(33)34-15-23-20-9-4-2-7-18(20)19-8-3-5-10-21(19)23/h2-12,23-24,26,31-32H,13-15H2,1H3,(H,29,33). The topological polar surface area (TPSA) is 95.9 Å². The van der Waals surface area contributed by atoms with Gasteiger partial charge < -0.3 is 20.3 Å². The fourth-order valence-corrected chi connectivity index (χ4v) is 4.39. The third-order valence-corrected chi connectivity index (χ3v) is 6.14. The first kappa shape index (κ1) is 23.6. The predicted molar refractivity (Wildman–Crippen MR) is 125 cm³/mol. The van der Waals surface area contributed by atoms with Crippen molar-refractivity contribution in [1.29, 1.82) is 0 Å². The monoisotopic (exact) mass is 463 g/mol. The number of ether oxygens (including phenoxy) is 1. The molecule has 0 fully saturated rings. The molecule has 0 aliphatic heterocycles. The zero-order valence-corrected chi connectivity index (χ0v) is 18.7. The lowest BCUT2D eigenvalue weighted by molar-refractivity contribution is 0.0116. The quantitative estimate of drug-likeness (QED) is 0.432. The van der Waals surface area contributed by atoms with E-state index in [4.69, 9.17) is 4.74 Å². The molecular weight excluding hydrogens is 437 g/mol. The number of aliphatic hydroxyl groups is 2. The molecule has 0 saturated carbocycles. The van der Waals surface area contributed by atoms with Gasteiger partial charge in [0.2, 0.25) is 0 Å². The van der Waals surface area contributed by atoms with Crippen LogP contribution in [0.5, 0.6) is 0 Å². The SMILES string of the molecule is CC(=O)c1cccc(C(O)C(O)CCNC(=O)OCC2c3ccccc3-c3ccccc32)c1F. The van der Waals surface area contributed by atoms with Gasteiger partial charge in [-0.1, -0.05) is 60.7 Å².